The van der Waals surface area contributed by atoms with Crippen LogP contribution < -0.4 is 0 Å². The summed E-state index contributed by atoms with van der Waals surface area (Å²) in [5.41, 5.74) is 3.48. The highest BCUT2D eigenvalue weighted by molar-refractivity contribution is 6.06. The fraction of sp³-hybridized carbons (Fsp3) is 0.333. The number of para-hydroxylation sites is 1. The average molecular weight is 399 g/mol. The molecule has 1 aliphatic heterocycles. The lowest BCUT2D eigenvalue weighted by molar-refractivity contribution is 0.0712. The van der Waals surface area contributed by atoms with Crippen LogP contribution in [-0.4, -0.2) is 43.5 Å². The van der Waals surface area contributed by atoms with Gasteiger partial charge in [-0.1, -0.05) is 38.1 Å². The number of hydrogen-bond donors (Lipinski definition) is 0. The van der Waals surface area contributed by atoms with Crippen molar-refractivity contribution >= 4 is 22.5 Å². The van der Waals surface area contributed by atoms with Gasteiger partial charge in [-0.05, 0) is 43.0 Å². The summed E-state index contributed by atoms with van der Waals surface area (Å²) < 4.78 is 2.06. The van der Waals surface area contributed by atoms with E-state index >= 15 is 0 Å². The molecule has 1 fully saturated rings. The highest BCUT2D eigenvalue weighted by Crippen LogP contribution is 2.29. The summed E-state index contributed by atoms with van der Waals surface area (Å²) in [5, 5.41) is 9.63. The molecular formula is C24H25N5O. The molecule has 6 nitrogen and oxygen atoms in total. The van der Waals surface area contributed by atoms with Crippen LogP contribution in [0.2, 0.25) is 0 Å². The fourth-order valence-corrected chi connectivity index (χ4v) is 4.32. The molecule has 4 aromatic rings. The summed E-state index contributed by atoms with van der Waals surface area (Å²) >= 11 is 0. The Labute approximate surface area is 175 Å². The van der Waals surface area contributed by atoms with Gasteiger partial charge in [-0.15, -0.1) is 10.2 Å². The van der Waals surface area contributed by atoms with Crippen LogP contribution in [0.5, 0.6) is 0 Å². The van der Waals surface area contributed by atoms with Crippen LogP contribution in [0.1, 0.15) is 60.4 Å². The summed E-state index contributed by atoms with van der Waals surface area (Å²) in [4.78, 5) is 20.2. The third-order valence-corrected chi connectivity index (χ3v) is 6.05. The number of fused-ring (bicyclic) bond motifs is 2. The van der Waals surface area contributed by atoms with Crippen LogP contribution in [0.25, 0.3) is 16.6 Å². The van der Waals surface area contributed by atoms with E-state index in [9.17, 15) is 4.79 Å². The number of piperidine rings is 1. The SMILES string of the molecule is CC(C)c1cc(C(=O)N2CCC(c3nnc4ccccn34)CC2)c2ccccc2n1. The minimum Gasteiger partial charge on any atom is -0.339 e. The molecule has 0 unspecified atom stereocenters. The number of rotatable bonds is 3. The molecule has 4 heterocycles. The lowest BCUT2D eigenvalue weighted by atomic mass is 9.94. The third-order valence-electron chi connectivity index (χ3n) is 6.05. The number of hydrogen-bond acceptors (Lipinski definition) is 4. The monoisotopic (exact) mass is 399 g/mol. The van der Waals surface area contributed by atoms with Gasteiger partial charge in [0.25, 0.3) is 5.91 Å². The van der Waals surface area contributed by atoms with Gasteiger partial charge in [0.05, 0.1) is 11.1 Å². The van der Waals surface area contributed by atoms with Crippen LogP contribution in [0.15, 0.2) is 54.7 Å². The van der Waals surface area contributed by atoms with Crippen LogP contribution >= 0.6 is 0 Å². The van der Waals surface area contributed by atoms with E-state index in [0.29, 0.717) is 5.92 Å². The highest BCUT2D eigenvalue weighted by atomic mass is 16.2. The first kappa shape index (κ1) is 18.7. The predicted molar refractivity (Wildman–Crippen MR) is 117 cm³/mol. The van der Waals surface area contributed by atoms with Crippen molar-refractivity contribution in [2.45, 2.75) is 38.5 Å². The van der Waals surface area contributed by atoms with E-state index in [1.165, 1.54) is 0 Å². The number of aromatic nitrogens is 4. The second kappa shape index (κ2) is 7.52. The molecule has 1 aliphatic rings. The molecule has 3 aromatic heterocycles. The molecule has 0 bridgehead atoms. The Kier molecular flexibility index (Phi) is 4.69. The normalized spacial score (nSPS) is 15.4. The van der Waals surface area contributed by atoms with Gasteiger partial charge in [-0.2, -0.15) is 0 Å². The molecule has 152 valence electrons. The predicted octanol–water partition coefficient (Wildman–Crippen LogP) is 4.42. The second-order valence-electron chi connectivity index (χ2n) is 8.32. The summed E-state index contributed by atoms with van der Waals surface area (Å²) in [6.45, 7) is 5.66. The molecule has 0 radical (unpaired) electrons. The van der Waals surface area contributed by atoms with Crippen molar-refractivity contribution in [1.82, 2.24) is 24.5 Å². The van der Waals surface area contributed by atoms with Gasteiger partial charge in [0.15, 0.2) is 5.65 Å². The molecule has 1 amide bonds. The van der Waals surface area contributed by atoms with Gasteiger partial charge < -0.3 is 4.90 Å². The highest BCUT2D eigenvalue weighted by Gasteiger charge is 2.28. The summed E-state index contributed by atoms with van der Waals surface area (Å²) in [6.07, 6.45) is 3.79. The Morgan fingerprint density at radius 2 is 1.80 bits per heavy atom. The lowest BCUT2D eigenvalue weighted by Crippen LogP contribution is -2.38. The number of pyridine rings is 2. The Morgan fingerprint density at radius 1 is 1.03 bits per heavy atom. The molecule has 6 heteroatoms. The molecule has 0 saturated carbocycles. The number of likely N-dealkylation sites (tertiary alicyclic amines) is 1. The number of carbonyl (C=O) groups is 1. The number of carbonyl (C=O) groups excluding carboxylic acids is 1. The quantitative estimate of drug-likeness (QED) is 0.512. The van der Waals surface area contributed by atoms with Gasteiger partial charge >= 0.3 is 0 Å². The zero-order valence-electron chi connectivity index (χ0n) is 17.3. The van der Waals surface area contributed by atoms with Crippen molar-refractivity contribution in [3.63, 3.8) is 0 Å². The van der Waals surface area contributed by atoms with Crippen molar-refractivity contribution in [1.29, 1.82) is 0 Å². The first-order chi connectivity index (χ1) is 14.6. The van der Waals surface area contributed by atoms with Crippen molar-refractivity contribution in [2.75, 3.05) is 13.1 Å². The standard InChI is InChI=1S/C24H25N5O/c1-16(2)21-15-19(18-7-3-4-8-20(18)25-21)24(30)28-13-10-17(11-14-28)23-27-26-22-9-5-6-12-29(22)23/h3-9,12,15-17H,10-11,13-14H2,1-2H3. The van der Waals surface area contributed by atoms with Crippen molar-refractivity contribution < 1.29 is 4.79 Å². The minimum atomic E-state index is 0.0973. The van der Waals surface area contributed by atoms with Gasteiger partial charge in [0.1, 0.15) is 5.82 Å². The van der Waals surface area contributed by atoms with Crippen molar-refractivity contribution in [3.05, 3.63) is 71.8 Å². The minimum absolute atomic E-state index is 0.0973. The summed E-state index contributed by atoms with van der Waals surface area (Å²) in [5.74, 6) is 1.68. The van der Waals surface area contributed by atoms with Crippen LogP contribution in [-0.2, 0) is 0 Å². The molecular weight excluding hydrogens is 374 g/mol. The first-order valence-corrected chi connectivity index (χ1v) is 10.6. The van der Waals surface area contributed by atoms with Gasteiger partial charge in [0.2, 0.25) is 0 Å². The van der Waals surface area contributed by atoms with E-state index < -0.39 is 0 Å². The largest absolute Gasteiger partial charge is 0.339 e. The Balaban J connectivity index is 1.40. The maximum atomic E-state index is 13.5. The van der Waals surface area contributed by atoms with Crippen LogP contribution in [0.4, 0.5) is 0 Å². The smallest absolute Gasteiger partial charge is 0.254 e. The van der Waals surface area contributed by atoms with Crippen molar-refractivity contribution in [2.24, 2.45) is 0 Å². The summed E-state index contributed by atoms with van der Waals surface area (Å²) in [6, 6.07) is 15.8. The van der Waals surface area contributed by atoms with Gasteiger partial charge in [0, 0.05) is 36.3 Å². The van der Waals surface area contributed by atoms with Gasteiger partial charge in [-0.25, -0.2) is 0 Å². The molecule has 5 rings (SSSR count). The van der Waals surface area contributed by atoms with Crippen LogP contribution in [0.3, 0.4) is 0 Å². The maximum Gasteiger partial charge on any atom is 0.254 e. The maximum absolute atomic E-state index is 13.5. The Morgan fingerprint density at radius 3 is 2.60 bits per heavy atom. The molecule has 0 atom stereocenters. The molecule has 1 aromatic carbocycles. The Bertz CT molecular complexity index is 1220. The number of amides is 1. The molecule has 0 spiro atoms. The van der Waals surface area contributed by atoms with E-state index in [-0.39, 0.29) is 11.8 Å². The van der Waals surface area contributed by atoms with E-state index in [1.807, 2.05) is 59.6 Å². The fourth-order valence-electron chi connectivity index (χ4n) is 4.32. The molecule has 30 heavy (non-hydrogen) atoms. The van der Waals surface area contributed by atoms with E-state index in [4.69, 9.17) is 4.98 Å². The summed E-state index contributed by atoms with van der Waals surface area (Å²) in [7, 11) is 0. The van der Waals surface area contributed by atoms with Crippen LogP contribution in [0, 0.1) is 0 Å². The first-order valence-electron chi connectivity index (χ1n) is 10.6. The molecule has 1 saturated heterocycles. The topological polar surface area (TPSA) is 63.4 Å². The lowest BCUT2D eigenvalue weighted by Gasteiger charge is -2.31. The second-order valence-corrected chi connectivity index (χ2v) is 8.32. The zero-order valence-corrected chi connectivity index (χ0v) is 17.3. The van der Waals surface area contributed by atoms with E-state index in [1.54, 1.807) is 0 Å². The third kappa shape index (κ3) is 3.22. The Hall–Kier alpha value is -3.28. The molecule has 0 aliphatic carbocycles. The number of nitrogens with zero attached hydrogens (tertiary/aromatic N) is 5. The average Bonchev–Trinajstić information content (AvgIpc) is 3.22. The zero-order chi connectivity index (χ0) is 20.7. The molecule has 0 N–H and O–H groups in total. The van der Waals surface area contributed by atoms with E-state index in [2.05, 4.69) is 28.4 Å². The number of benzene rings is 1. The van der Waals surface area contributed by atoms with E-state index in [0.717, 1.165) is 59.6 Å². The van der Waals surface area contributed by atoms with Crippen molar-refractivity contribution in [3.8, 4) is 0 Å². The van der Waals surface area contributed by atoms with Gasteiger partial charge in [-0.3, -0.25) is 14.2 Å².